The molecule has 22 heavy (non-hydrogen) atoms. The van der Waals surface area contributed by atoms with Crippen molar-refractivity contribution < 1.29 is 9.59 Å². The molecule has 2 aromatic carbocycles. The monoisotopic (exact) mass is 314 g/mol. The third-order valence-corrected chi connectivity index (χ3v) is 4.05. The Morgan fingerprint density at radius 1 is 0.955 bits per heavy atom. The maximum absolute atomic E-state index is 11.9. The van der Waals surface area contributed by atoms with Gasteiger partial charge in [0.25, 0.3) is 5.91 Å². The molecule has 114 valence electrons. The van der Waals surface area contributed by atoms with E-state index in [-0.39, 0.29) is 11.8 Å². The Labute approximate surface area is 134 Å². The number of rotatable bonds is 5. The molecule has 0 saturated heterocycles. The zero-order chi connectivity index (χ0) is 15.8. The van der Waals surface area contributed by atoms with Gasteiger partial charge >= 0.3 is 0 Å². The lowest BCUT2D eigenvalue weighted by molar-refractivity contribution is -0.119. The molecule has 2 amide bonds. The first-order valence-electron chi connectivity index (χ1n) is 6.93. The number of nitrogens with one attached hydrogen (secondary N) is 2. The molecule has 0 fully saturated rings. The summed E-state index contributed by atoms with van der Waals surface area (Å²) in [5.74, 6) is 0.533. The van der Waals surface area contributed by atoms with Crippen LogP contribution in [0, 0.1) is 6.92 Å². The molecule has 0 bridgehead atoms. The molecule has 2 rings (SSSR count). The van der Waals surface area contributed by atoms with Gasteiger partial charge < -0.3 is 0 Å². The summed E-state index contributed by atoms with van der Waals surface area (Å²) in [6.07, 6.45) is 0. The van der Waals surface area contributed by atoms with Gasteiger partial charge in [-0.05, 0) is 24.1 Å². The summed E-state index contributed by atoms with van der Waals surface area (Å²) in [5.41, 5.74) is 7.47. The maximum Gasteiger partial charge on any atom is 0.269 e. The van der Waals surface area contributed by atoms with Crippen LogP contribution in [0.2, 0.25) is 0 Å². The van der Waals surface area contributed by atoms with E-state index in [0.29, 0.717) is 11.3 Å². The number of amides is 2. The Morgan fingerprint density at radius 2 is 1.64 bits per heavy atom. The van der Waals surface area contributed by atoms with Gasteiger partial charge in [-0.15, -0.1) is 11.8 Å². The van der Waals surface area contributed by atoms with E-state index in [1.165, 1.54) is 17.3 Å². The summed E-state index contributed by atoms with van der Waals surface area (Å²) >= 11 is 1.50. The zero-order valence-corrected chi connectivity index (χ0v) is 13.2. The van der Waals surface area contributed by atoms with E-state index in [2.05, 4.69) is 10.9 Å². The van der Waals surface area contributed by atoms with Crippen LogP contribution in [-0.2, 0) is 10.5 Å². The smallest absolute Gasteiger partial charge is 0.269 e. The fourth-order valence-electron chi connectivity index (χ4n) is 1.89. The molecule has 0 aliphatic rings. The van der Waals surface area contributed by atoms with Crippen LogP contribution in [0.25, 0.3) is 0 Å². The Morgan fingerprint density at radius 3 is 2.36 bits per heavy atom. The van der Waals surface area contributed by atoms with E-state index in [1.807, 2.05) is 49.4 Å². The van der Waals surface area contributed by atoms with E-state index in [1.54, 1.807) is 12.1 Å². The standard InChI is InChI=1S/C17H18N2O2S/c1-13-7-5-6-10-15(13)17(21)19-18-16(20)12-22-11-14-8-3-2-4-9-14/h2-10H,11-12H2,1H3,(H,18,20)(H,19,21). The van der Waals surface area contributed by atoms with Crippen LogP contribution in [0.3, 0.4) is 0 Å². The molecule has 4 nitrogen and oxygen atoms in total. The highest BCUT2D eigenvalue weighted by molar-refractivity contribution is 7.99. The molecule has 2 N–H and O–H groups in total. The van der Waals surface area contributed by atoms with Gasteiger partial charge in [-0.2, -0.15) is 0 Å². The van der Waals surface area contributed by atoms with Crippen LogP contribution >= 0.6 is 11.8 Å². The first kappa shape index (κ1) is 16.1. The normalized spacial score (nSPS) is 10.0. The van der Waals surface area contributed by atoms with Crippen molar-refractivity contribution in [3.8, 4) is 0 Å². The molecule has 0 heterocycles. The number of hydrazine groups is 1. The molecule has 0 saturated carbocycles. The lowest BCUT2D eigenvalue weighted by atomic mass is 10.1. The van der Waals surface area contributed by atoms with Crippen molar-refractivity contribution >= 4 is 23.6 Å². The summed E-state index contributed by atoms with van der Waals surface area (Å²) in [5, 5.41) is 0. The predicted molar refractivity (Wildman–Crippen MR) is 89.4 cm³/mol. The van der Waals surface area contributed by atoms with Gasteiger partial charge in [-0.25, -0.2) is 0 Å². The summed E-state index contributed by atoms with van der Waals surface area (Å²) < 4.78 is 0. The van der Waals surface area contributed by atoms with E-state index in [9.17, 15) is 9.59 Å². The highest BCUT2D eigenvalue weighted by Crippen LogP contribution is 2.11. The van der Waals surface area contributed by atoms with Gasteiger partial charge in [0.15, 0.2) is 0 Å². The first-order chi connectivity index (χ1) is 10.7. The van der Waals surface area contributed by atoms with Crippen LogP contribution in [0.4, 0.5) is 0 Å². The van der Waals surface area contributed by atoms with Gasteiger partial charge in [-0.1, -0.05) is 48.5 Å². The molecular formula is C17H18N2O2S. The number of benzene rings is 2. The van der Waals surface area contributed by atoms with Crippen molar-refractivity contribution in [1.29, 1.82) is 0 Å². The molecule has 2 aromatic rings. The summed E-state index contributed by atoms with van der Waals surface area (Å²) in [7, 11) is 0. The fraction of sp³-hybridized carbons (Fsp3) is 0.176. The Bertz CT molecular complexity index is 644. The van der Waals surface area contributed by atoms with Crippen LogP contribution < -0.4 is 10.9 Å². The van der Waals surface area contributed by atoms with Crippen molar-refractivity contribution in [2.24, 2.45) is 0 Å². The average Bonchev–Trinajstić information content (AvgIpc) is 2.54. The Kier molecular flexibility index (Phi) is 6.03. The van der Waals surface area contributed by atoms with Gasteiger partial charge in [0.2, 0.25) is 5.91 Å². The number of aryl methyl sites for hydroxylation is 1. The first-order valence-corrected chi connectivity index (χ1v) is 8.09. The number of thioether (sulfide) groups is 1. The predicted octanol–water partition coefficient (Wildman–Crippen LogP) is 2.69. The molecule has 0 aromatic heterocycles. The summed E-state index contributed by atoms with van der Waals surface area (Å²) in [6.45, 7) is 1.85. The van der Waals surface area contributed by atoms with Crippen LogP contribution in [0.1, 0.15) is 21.5 Å². The van der Waals surface area contributed by atoms with Crippen LogP contribution in [-0.4, -0.2) is 17.6 Å². The second kappa shape index (κ2) is 8.24. The highest BCUT2D eigenvalue weighted by atomic mass is 32.2. The molecule has 0 radical (unpaired) electrons. The van der Waals surface area contributed by atoms with E-state index < -0.39 is 0 Å². The summed E-state index contributed by atoms with van der Waals surface area (Å²) in [6, 6.07) is 17.2. The number of carbonyl (C=O) groups is 2. The number of hydrogen-bond acceptors (Lipinski definition) is 3. The Balaban J connectivity index is 1.72. The van der Waals surface area contributed by atoms with E-state index in [4.69, 9.17) is 0 Å². The van der Waals surface area contributed by atoms with Crippen LogP contribution in [0.15, 0.2) is 54.6 Å². The Hall–Kier alpha value is -2.27. The van der Waals surface area contributed by atoms with Crippen molar-refractivity contribution in [3.63, 3.8) is 0 Å². The molecule has 0 aliphatic heterocycles. The van der Waals surface area contributed by atoms with Crippen molar-refractivity contribution in [3.05, 3.63) is 71.3 Å². The minimum atomic E-state index is -0.306. The van der Waals surface area contributed by atoms with Gasteiger partial charge in [0, 0.05) is 11.3 Å². The van der Waals surface area contributed by atoms with Crippen molar-refractivity contribution in [2.75, 3.05) is 5.75 Å². The second-order valence-corrected chi connectivity index (χ2v) is 5.78. The molecule has 0 aliphatic carbocycles. The fourth-order valence-corrected chi connectivity index (χ4v) is 2.68. The SMILES string of the molecule is Cc1ccccc1C(=O)NNC(=O)CSCc1ccccc1. The van der Waals surface area contributed by atoms with Gasteiger partial charge in [0.1, 0.15) is 0 Å². The molecule has 5 heteroatoms. The topological polar surface area (TPSA) is 58.2 Å². The molecule has 0 atom stereocenters. The van der Waals surface area contributed by atoms with Crippen LogP contribution in [0.5, 0.6) is 0 Å². The van der Waals surface area contributed by atoms with Crippen molar-refractivity contribution in [1.82, 2.24) is 10.9 Å². The van der Waals surface area contributed by atoms with E-state index in [0.717, 1.165) is 11.3 Å². The zero-order valence-electron chi connectivity index (χ0n) is 12.3. The number of carbonyl (C=O) groups excluding carboxylic acids is 2. The lowest BCUT2D eigenvalue weighted by Crippen LogP contribution is -2.42. The van der Waals surface area contributed by atoms with Gasteiger partial charge in [-0.3, -0.25) is 20.4 Å². The van der Waals surface area contributed by atoms with Gasteiger partial charge in [0.05, 0.1) is 5.75 Å². The quantitative estimate of drug-likeness (QED) is 0.834. The molecule has 0 spiro atoms. The van der Waals surface area contributed by atoms with Crippen molar-refractivity contribution in [2.45, 2.75) is 12.7 Å². The third-order valence-electron chi connectivity index (χ3n) is 3.05. The molecule has 0 unspecified atom stereocenters. The second-order valence-electron chi connectivity index (χ2n) is 4.80. The number of hydrogen-bond donors (Lipinski definition) is 2. The average molecular weight is 314 g/mol. The molecular weight excluding hydrogens is 296 g/mol. The highest BCUT2D eigenvalue weighted by Gasteiger charge is 2.09. The largest absolute Gasteiger partial charge is 0.272 e. The lowest BCUT2D eigenvalue weighted by Gasteiger charge is -2.09. The summed E-state index contributed by atoms with van der Waals surface area (Å²) in [4.78, 5) is 23.6. The van der Waals surface area contributed by atoms with E-state index >= 15 is 0 Å². The maximum atomic E-state index is 11.9. The third kappa shape index (κ3) is 4.93. The minimum absolute atomic E-state index is 0.220. The minimum Gasteiger partial charge on any atom is -0.272 e.